The molecule has 0 atom stereocenters. The summed E-state index contributed by atoms with van der Waals surface area (Å²) in [5.41, 5.74) is 1.83. The number of nitro groups is 1. The molecule has 7 heteroatoms. The first-order valence-corrected chi connectivity index (χ1v) is 6.60. The van der Waals surface area contributed by atoms with Crippen LogP contribution in [0.15, 0.2) is 30.5 Å². The zero-order valence-corrected chi connectivity index (χ0v) is 12.2. The van der Waals surface area contributed by atoms with Gasteiger partial charge in [-0.25, -0.2) is 4.98 Å². The molecule has 0 saturated heterocycles. The number of aryl methyl sites for hydroxylation is 1. The molecule has 1 heterocycles. The topological polar surface area (TPSA) is 84.2 Å². The molecule has 1 aromatic heterocycles. The first-order valence-electron chi connectivity index (χ1n) is 6.60. The van der Waals surface area contributed by atoms with E-state index in [1.54, 1.807) is 11.9 Å². The van der Waals surface area contributed by atoms with Gasteiger partial charge < -0.3 is 10.2 Å². The molecule has 2 rings (SSSR count). The first kappa shape index (κ1) is 14.7. The third kappa shape index (κ3) is 3.07. The Balaban J connectivity index is 2.57. The molecule has 0 unspecified atom stereocenters. The average Bonchev–Trinajstić information content (AvgIpc) is 2.47. The molecule has 0 aliphatic heterocycles. The van der Waals surface area contributed by atoms with Crippen molar-refractivity contribution < 1.29 is 4.92 Å². The molecule has 1 N–H and O–H groups in total. The van der Waals surface area contributed by atoms with Crippen molar-refractivity contribution in [3.05, 3.63) is 46.1 Å². The fraction of sp³-hybridized carbons (Fsp3) is 0.286. The maximum absolute atomic E-state index is 11.2. The van der Waals surface area contributed by atoms with Gasteiger partial charge in [-0.05, 0) is 31.5 Å². The second kappa shape index (κ2) is 6.17. The van der Waals surface area contributed by atoms with E-state index < -0.39 is 4.92 Å². The molecule has 0 amide bonds. The highest BCUT2D eigenvalue weighted by Crippen LogP contribution is 2.32. The first-order chi connectivity index (χ1) is 10.1. The fourth-order valence-electron chi connectivity index (χ4n) is 2.06. The Hall–Kier alpha value is -2.70. The maximum atomic E-state index is 11.2. The molecular weight excluding hydrogens is 270 g/mol. The summed E-state index contributed by atoms with van der Waals surface area (Å²) < 4.78 is 0. The second-order valence-electron chi connectivity index (χ2n) is 4.49. The highest BCUT2D eigenvalue weighted by atomic mass is 16.6. The van der Waals surface area contributed by atoms with Crippen LogP contribution in [0.4, 0.5) is 23.1 Å². The van der Waals surface area contributed by atoms with E-state index in [9.17, 15) is 10.1 Å². The van der Waals surface area contributed by atoms with Gasteiger partial charge in [0, 0.05) is 19.3 Å². The zero-order valence-electron chi connectivity index (χ0n) is 12.2. The Morgan fingerprint density at radius 2 is 2.19 bits per heavy atom. The quantitative estimate of drug-likeness (QED) is 0.672. The van der Waals surface area contributed by atoms with Crippen LogP contribution in [0.2, 0.25) is 0 Å². The lowest BCUT2D eigenvalue weighted by Crippen LogP contribution is -2.19. The Labute approximate surface area is 122 Å². The van der Waals surface area contributed by atoms with E-state index in [2.05, 4.69) is 15.3 Å². The van der Waals surface area contributed by atoms with Crippen LogP contribution in [0.1, 0.15) is 12.5 Å². The lowest BCUT2D eigenvalue weighted by Gasteiger charge is -2.22. The highest BCUT2D eigenvalue weighted by molar-refractivity contribution is 5.69. The van der Waals surface area contributed by atoms with Crippen LogP contribution >= 0.6 is 0 Å². The van der Waals surface area contributed by atoms with Crippen molar-refractivity contribution in [1.82, 2.24) is 9.97 Å². The molecule has 21 heavy (non-hydrogen) atoms. The number of hydrogen-bond donors (Lipinski definition) is 1. The third-order valence-corrected chi connectivity index (χ3v) is 3.06. The molecule has 2 aromatic rings. The van der Waals surface area contributed by atoms with Gasteiger partial charge >= 0.3 is 5.69 Å². The van der Waals surface area contributed by atoms with Crippen LogP contribution in [-0.2, 0) is 0 Å². The minimum absolute atomic E-state index is 0.114. The van der Waals surface area contributed by atoms with Gasteiger partial charge in [-0.2, -0.15) is 4.98 Å². The summed E-state index contributed by atoms with van der Waals surface area (Å²) in [4.78, 5) is 20.7. The number of nitrogens with zero attached hydrogens (tertiary/aromatic N) is 4. The minimum Gasteiger partial charge on any atom is -0.357 e. The summed E-state index contributed by atoms with van der Waals surface area (Å²) >= 11 is 0. The van der Waals surface area contributed by atoms with Gasteiger partial charge in [0.2, 0.25) is 11.8 Å². The van der Waals surface area contributed by atoms with Crippen LogP contribution in [0.25, 0.3) is 0 Å². The summed E-state index contributed by atoms with van der Waals surface area (Å²) in [5, 5.41) is 14.0. The number of hydrogen-bond acceptors (Lipinski definition) is 6. The molecule has 0 aliphatic carbocycles. The number of rotatable bonds is 5. The van der Waals surface area contributed by atoms with Gasteiger partial charge in [0.25, 0.3) is 0 Å². The molecule has 7 nitrogen and oxygen atoms in total. The van der Waals surface area contributed by atoms with Crippen molar-refractivity contribution in [3.8, 4) is 0 Å². The minimum atomic E-state index is -0.465. The summed E-state index contributed by atoms with van der Waals surface area (Å²) in [6.45, 7) is 4.46. The van der Waals surface area contributed by atoms with Crippen molar-refractivity contribution in [2.24, 2.45) is 0 Å². The standard InChI is InChI=1S/C14H17N5O2/c1-4-18(11-7-5-6-10(2)8-11)13-12(19(20)21)9-16-14(15-3)17-13/h5-9H,4H2,1-3H3,(H,15,16,17). The third-order valence-electron chi connectivity index (χ3n) is 3.06. The van der Waals surface area contributed by atoms with Gasteiger partial charge in [-0.1, -0.05) is 12.1 Å². The molecular formula is C14H17N5O2. The largest absolute Gasteiger partial charge is 0.357 e. The van der Waals surface area contributed by atoms with Gasteiger partial charge in [0.1, 0.15) is 6.20 Å². The molecule has 0 radical (unpaired) electrons. The summed E-state index contributed by atoms with van der Waals surface area (Å²) in [7, 11) is 1.67. The average molecular weight is 287 g/mol. The lowest BCUT2D eigenvalue weighted by molar-refractivity contribution is -0.384. The second-order valence-corrected chi connectivity index (χ2v) is 4.49. The van der Waals surface area contributed by atoms with Crippen molar-refractivity contribution in [2.75, 3.05) is 23.8 Å². The van der Waals surface area contributed by atoms with Crippen LogP contribution in [0.5, 0.6) is 0 Å². The molecule has 0 fully saturated rings. The van der Waals surface area contributed by atoms with E-state index in [0.29, 0.717) is 12.5 Å². The number of benzene rings is 1. The molecule has 0 bridgehead atoms. The van der Waals surface area contributed by atoms with E-state index in [1.807, 2.05) is 38.1 Å². The van der Waals surface area contributed by atoms with Gasteiger partial charge in [-0.3, -0.25) is 10.1 Å². The molecule has 110 valence electrons. The molecule has 1 aromatic carbocycles. The van der Waals surface area contributed by atoms with Crippen LogP contribution in [-0.4, -0.2) is 28.5 Å². The zero-order chi connectivity index (χ0) is 15.4. The van der Waals surface area contributed by atoms with Crippen LogP contribution in [0.3, 0.4) is 0 Å². The fourth-order valence-corrected chi connectivity index (χ4v) is 2.06. The molecule has 0 saturated carbocycles. The number of nitrogens with one attached hydrogen (secondary N) is 1. The van der Waals surface area contributed by atoms with E-state index in [0.717, 1.165) is 11.3 Å². The Morgan fingerprint density at radius 1 is 1.43 bits per heavy atom. The van der Waals surface area contributed by atoms with Crippen molar-refractivity contribution in [3.63, 3.8) is 0 Å². The summed E-state index contributed by atoms with van der Waals surface area (Å²) in [6, 6.07) is 7.76. The predicted octanol–water partition coefficient (Wildman–Crippen LogP) is 2.89. The van der Waals surface area contributed by atoms with E-state index in [4.69, 9.17) is 0 Å². The van der Waals surface area contributed by atoms with Crippen LogP contribution < -0.4 is 10.2 Å². The summed E-state index contributed by atoms with van der Waals surface area (Å²) in [5.74, 6) is 0.633. The number of aromatic nitrogens is 2. The normalized spacial score (nSPS) is 10.2. The lowest BCUT2D eigenvalue weighted by atomic mass is 10.2. The van der Waals surface area contributed by atoms with Crippen molar-refractivity contribution >= 4 is 23.1 Å². The van der Waals surface area contributed by atoms with Gasteiger partial charge in [-0.15, -0.1) is 0 Å². The monoisotopic (exact) mass is 287 g/mol. The highest BCUT2D eigenvalue weighted by Gasteiger charge is 2.23. The molecule has 0 aliphatic rings. The van der Waals surface area contributed by atoms with E-state index >= 15 is 0 Å². The maximum Gasteiger partial charge on any atom is 0.330 e. The van der Waals surface area contributed by atoms with Gasteiger partial charge in [0.15, 0.2) is 0 Å². The Kier molecular flexibility index (Phi) is 4.32. The van der Waals surface area contributed by atoms with Crippen molar-refractivity contribution in [2.45, 2.75) is 13.8 Å². The van der Waals surface area contributed by atoms with Crippen molar-refractivity contribution in [1.29, 1.82) is 0 Å². The summed E-state index contributed by atoms with van der Waals surface area (Å²) in [6.07, 6.45) is 1.23. The Bertz CT molecular complexity index is 660. The number of anilines is 3. The van der Waals surface area contributed by atoms with E-state index in [1.165, 1.54) is 6.20 Å². The smallest absolute Gasteiger partial charge is 0.330 e. The van der Waals surface area contributed by atoms with E-state index in [-0.39, 0.29) is 11.5 Å². The predicted molar refractivity (Wildman–Crippen MR) is 82.1 cm³/mol. The SMILES string of the molecule is CCN(c1cccc(C)c1)c1nc(NC)ncc1[N+](=O)[O-]. The van der Waals surface area contributed by atoms with Crippen LogP contribution in [0, 0.1) is 17.0 Å². The molecule has 0 spiro atoms. The van der Waals surface area contributed by atoms with Gasteiger partial charge in [0.05, 0.1) is 4.92 Å². The Morgan fingerprint density at radius 3 is 2.76 bits per heavy atom.